The zero-order chi connectivity index (χ0) is 11.5. The molecule has 0 N–H and O–H groups in total. The molecule has 0 aliphatic rings. The largest absolute Gasteiger partial charge is 0.386 e. The van der Waals surface area contributed by atoms with Crippen molar-refractivity contribution in [2.75, 3.05) is 0 Å². The SMILES string of the molecule is [O]C(=O)c1ccccc1-c1cncc(Cl)c1. The smallest absolute Gasteiger partial charge is 0.263 e. The van der Waals surface area contributed by atoms with Crippen LogP contribution in [-0.4, -0.2) is 11.0 Å². The summed E-state index contributed by atoms with van der Waals surface area (Å²) in [5.41, 5.74) is 1.34. The summed E-state index contributed by atoms with van der Waals surface area (Å²) >= 11 is 5.80. The van der Waals surface area contributed by atoms with Gasteiger partial charge in [-0.2, -0.15) is 0 Å². The van der Waals surface area contributed by atoms with Gasteiger partial charge < -0.3 is 0 Å². The third kappa shape index (κ3) is 2.04. The van der Waals surface area contributed by atoms with E-state index in [-0.39, 0.29) is 5.56 Å². The van der Waals surface area contributed by atoms with Crippen LogP contribution < -0.4 is 0 Å². The van der Waals surface area contributed by atoms with Gasteiger partial charge in [0.15, 0.2) is 0 Å². The van der Waals surface area contributed by atoms with E-state index in [0.717, 1.165) is 0 Å². The van der Waals surface area contributed by atoms with Gasteiger partial charge in [-0.15, -0.1) is 0 Å². The van der Waals surface area contributed by atoms with Gasteiger partial charge in [0.1, 0.15) is 0 Å². The Morgan fingerprint density at radius 1 is 1.19 bits per heavy atom. The highest BCUT2D eigenvalue weighted by Gasteiger charge is 2.12. The second-order valence-corrected chi connectivity index (χ2v) is 3.66. The quantitative estimate of drug-likeness (QED) is 0.799. The van der Waals surface area contributed by atoms with Crippen molar-refractivity contribution in [1.82, 2.24) is 4.98 Å². The normalized spacial score (nSPS) is 10.1. The number of benzene rings is 1. The maximum absolute atomic E-state index is 10.9. The summed E-state index contributed by atoms with van der Waals surface area (Å²) in [5, 5.41) is 11.4. The van der Waals surface area contributed by atoms with Crippen molar-refractivity contribution in [3.05, 3.63) is 53.3 Å². The fourth-order valence-corrected chi connectivity index (χ4v) is 1.65. The lowest BCUT2D eigenvalue weighted by atomic mass is 10.0. The number of pyridine rings is 1. The number of hydrogen-bond donors (Lipinski definition) is 0. The molecule has 1 aromatic carbocycles. The van der Waals surface area contributed by atoms with Crippen molar-refractivity contribution in [2.24, 2.45) is 0 Å². The number of aromatic nitrogens is 1. The molecular formula is C12H7ClNO2. The number of carbonyl (C=O) groups is 1. The molecule has 0 aliphatic carbocycles. The fraction of sp³-hybridized carbons (Fsp3) is 0. The van der Waals surface area contributed by atoms with E-state index < -0.39 is 5.97 Å². The number of hydrogen-bond acceptors (Lipinski definition) is 2. The van der Waals surface area contributed by atoms with Gasteiger partial charge in [0.25, 0.3) is 0 Å². The molecule has 16 heavy (non-hydrogen) atoms. The molecule has 0 bridgehead atoms. The highest BCUT2D eigenvalue weighted by atomic mass is 35.5. The fourth-order valence-electron chi connectivity index (χ4n) is 1.47. The maximum Gasteiger partial charge on any atom is 0.386 e. The molecule has 1 radical (unpaired) electrons. The first-order valence-corrected chi connectivity index (χ1v) is 4.97. The average Bonchev–Trinajstić information content (AvgIpc) is 2.29. The van der Waals surface area contributed by atoms with E-state index in [0.29, 0.717) is 16.1 Å². The van der Waals surface area contributed by atoms with Gasteiger partial charge in [-0.1, -0.05) is 29.8 Å². The monoisotopic (exact) mass is 232 g/mol. The van der Waals surface area contributed by atoms with E-state index in [1.54, 1.807) is 30.5 Å². The van der Waals surface area contributed by atoms with Crippen molar-refractivity contribution in [3.63, 3.8) is 0 Å². The van der Waals surface area contributed by atoms with Crippen molar-refractivity contribution in [2.45, 2.75) is 0 Å². The average molecular weight is 233 g/mol. The third-order valence-corrected chi connectivity index (χ3v) is 2.37. The number of rotatable bonds is 2. The first-order chi connectivity index (χ1) is 7.68. The Balaban J connectivity index is 2.60. The molecule has 0 unspecified atom stereocenters. The minimum atomic E-state index is -1.21. The van der Waals surface area contributed by atoms with Crippen molar-refractivity contribution in [1.29, 1.82) is 0 Å². The Morgan fingerprint density at radius 3 is 2.62 bits per heavy atom. The Hall–Kier alpha value is -1.87. The first kappa shape index (κ1) is 10.6. The summed E-state index contributed by atoms with van der Waals surface area (Å²) in [4.78, 5) is 14.8. The van der Waals surface area contributed by atoms with Crippen LogP contribution in [0.2, 0.25) is 5.02 Å². The lowest BCUT2D eigenvalue weighted by Crippen LogP contribution is -1.97. The summed E-state index contributed by atoms with van der Waals surface area (Å²) in [5.74, 6) is -1.21. The molecule has 0 aliphatic heterocycles. The maximum atomic E-state index is 10.9. The number of halogens is 1. The van der Waals surface area contributed by atoms with Crippen molar-refractivity contribution >= 4 is 17.6 Å². The van der Waals surface area contributed by atoms with E-state index >= 15 is 0 Å². The van der Waals surface area contributed by atoms with Crippen LogP contribution in [0.15, 0.2) is 42.7 Å². The van der Waals surface area contributed by atoms with Gasteiger partial charge >= 0.3 is 5.97 Å². The van der Waals surface area contributed by atoms with Crippen molar-refractivity contribution < 1.29 is 9.90 Å². The van der Waals surface area contributed by atoms with E-state index in [9.17, 15) is 9.90 Å². The molecule has 0 saturated carbocycles. The molecule has 0 fully saturated rings. The molecule has 4 heteroatoms. The molecule has 2 rings (SSSR count). The second-order valence-electron chi connectivity index (χ2n) is 3.22. The van der Waals surface area contributed by atoms with Crippen LogP contribution in [0.25, 0.3) is 11.1 Å². The predicted molar refractivity (Wildman–Crippen MR) is 59.7 cm³/mol. The summed E-state index contributed by atoms with van der Waals surface area (Å²) < 4.78 is 0. The van der Waals surface area contributed by atoms with Crippen LogP contribution in [0, 0.1) is 0 Å². The van der Waals surface area contributed by atoms with Crippen LogP contribution in [0.4, 0.5) is 0 Å². The predicted octanol–water partition coefficient (Wildman–Crippen LogP) is 2.97. The van der Waals surface area contributed by atoms with Crippen molar-refractivity contribution in [3.8, 4) is 11.1 Å². The van der Waals surface area contributed by atoms with Crippen LogP contribution >= 0.6 is 11.6 Å². The van der Waals surface area contributed by atoms with E-state index in [1.165, 1.54) is 12.3 Å². The van der Waals surface area contributed by atoms with Crippen LogP contribution in [0.3, 0.4) is 0 Å². The highest BCUT2D eigenvalue weighted by molar-refractivity contribution is 6.30. The van der Waals surface area contributed by atoms with E-state index in [1.807, 2.05) is 0 Å². The molecular weight excluding hydrogens is 226 g/mol. The molecule has 3 nitrogen and oxygen atoms in total. The molecule has 79 valence electrons. The second kappa shape index (κ2) is 4.33. The number of carbonyl (C=O) groups excluding carboxylic acids is 1. The van der Waals surface area contributed by atoms with Gasteiger partial charge in [0.2, 0.25) is 0 Å². The molecule has 2 aromatic rings. The summed E-state index contributed by atoms with van der Waals surface area (Å²) in [7, 11) is 0. The van der Waals surface area contributed by atoms with Crippen LogP contribution in [-0.2, 0) is 5.11 Å². The first-order valence-electron chi connectivity index (χ1n) is 4.60. The Bertz CT molecular complexity index is 540. The topological polar surface area (TPSA) is 49.9 Å². The van der Waals surface area contributed by atoms with Gasteiger partial charge in [-0.25, -0.2) is 9.90 Å². The standard InChI is InChI=1S/C12H7ClNO2/c13-9-5-8(6-14-7-9)10-3-1-2-4-11(10)12(15)16/h1-7H. The summed E-state index contributed by atoms with van der Waals surface area (Å²) in [6, 6.07) is 8.25. The Morgan fingerprint density at radius 2 is 1.94 bits per heavy atom. The van der Waals surface area contributed by atoms with Gasteiger partial charge in [-0.3, -0.25) is 4.98 Å². The molecule has 0 amide bonds. The zero-order valence-corrected chi connectivity index (χ0v) is 8.94. The minimum absolute atomic E-state index is 0.131. The molecule has 1 aromatic heterocycles. The van der Waals surface area contributed by atoms with Gasteiger partial charge in [0.05, 0.1) is 10.6 Å². The third-order valence-electron chi connectivity index (χ3n) is 2.16. The molecule has 0 saturated heterocycles. The summed E-state index contributed by atoms with van der Waals surface area (Å²) in [6.45, 7) is 0. The van der Waals surface area contributed by atoms with Crippen LogP contribution in [0.1, 0.15) is 10.4 Å². The molecule has 0 atom stereocenters. The highest BCUT2D eigenvalue weighted by Crippen LogP contribution is 2.25. The van der Waals surface area contributed by atoms with Gasteiger partial charge in [0, 0.05) is 18.0 Å². The van der Waals surface area contributed by atoms with Gasteiger partial charge in [-0.05, 0) is 17.7 Å². The minimum Gasteiger partial charge on any atom is -0.263 e. The lowest BCUT2D eigenvalue weighted by molar-refractivity contribution is 0.0574. The molecule has 1 heterocycles. The Labute approximate surface area is 97.3 Å². The molecule has 0 spiro atoms. The zero-order valence-electron chi connectivity index (χ0n) is 8.18. The number of nitrogens with zero attached hydrogens (tertiary/aromatic N) is 1. The summed E-state index contributed by atoms with van der Waals surface area (Å²) in [6.07, 6.45) is 3.06. The van der Waals surface area contributed by atoms with E-state index in [4.69, 9.17) is 11.6 Å². The Kier molecular flexibility index (Phi) is 2.88. The lowest BCUT2D eigenvalue weighted by Gasteiger charge is -2.04. The van der Waals surface area contributed by atoms with E-state index in [2.05, 4.69) is 4.98 Å². The van der Waals surface area contributed by atoms with Crippen LogP contribution in [0.5, 0.6) is 0 Å².